The summed E-state index contributed by atoms with van der Waals surface area (Å²) in [6.45, 7) is -1.03. The molecule has 0 bridgehead atoms. The van der Waals surface area contributed by atoms with Crippen molar-refractivity contribution in [3.63, 3.8) is 0 Å². The Kier molecular flexibility index (Phi) is 9.49. The van der Waals surface area contributed by atoms with E-state index in [0.717, 1.165) is 23.3 Å². The van der Waals surface area contributed by atoms with Gasteiger partial charge in [0.15, 0.2) is 6.80 Å². The van der Waals surface area contributed by atoms with Crippen molar-refractivity contribution in [3.05, 3.63) is 47.4 Å². The van der Waals surface area contributed by atoms with E-state index in [1.54, 1.807) is 0 Å². The van der Waals surface area contributed by atoms with Gasteiger partial charge in [0.05, 0.1) is 6.10 Å². The molecule has 0 aromatic rings. The van der Waals surface area contributed by atoms with Gasteiger partial charge in [-0.05, 0) is 24.4 Å². The quantitative estimate of drug-likeness (QED) is 0.147. The van der Waals surface area contributed by atoms with Crippen molar-refractivity contribution in [2.75, 3.05) is 27.5 Å². The summed E-state index contributed by atoms with van der Waals surface area (Å²) >= 11 is 0. The zero-order valence-corrected chi connectivity index (χ0v) is 15.1. The number of carbonyl (C=O) groups excluding carboxylic acids is 2. The summed E-state index contributed by atoms with van der Waals surface area (Å²) < 4.78 is 58.9. The number of aldehydes is 1. The van der Waals surface area contributed by atoms with Crippen LogP contribution in [0, 0.1) is 5.92 Å². The Morgan fingerprint density at radius 3 is 2.70 bits per heavy atom. The largest absolute Gasteiger partial charge is 0.377 e. The molecule has 0 spiro atoms. The number of hydrogen-bond acceptors (Lipinski definition) is 5. The highest BCUT2D eigenvalue weighted by molar-refractivity contribution is 5.87. The molecule has 0 heterocycles. The van der Waals surface area contributed by atoms with E-state index in [0.29, 0.717) is 6.29 Å². The van der Waals surface area contributed by atoms with Gasteiger partial charge in [0.1, 0.15) is 23.6 Å². The highest BCUT2D eigenvalue weighted by Crippen LogP contribution is 2.35. The lowest BCUT2D eigenvalue weighted by Crippen LogP contribution is -2.30. The number of likely N-dealkylation sites (N-methyl/N-ethyl adjacent to an activating group) is 1. The molecule has 0 saturated heterocycles. The molecule has 0 radical (unpaired) electrons. The fourth-order valence-electron chi connectivity index (χ4n) is 2.72. The summed E-state index contributed by atoms with van der Waals surface area (Å²) in [5.41, 5.74) is -0.693. The lowest BCUT2D eigenvalue weighted by Gasteiger charge is -2.28. The van der Waals surface area contributed by atoms with Crippen LogP contribution in [0.4, 0.5) is 17.6 Å². The molecule has 2 unspecified atom stereocenters. The Balaban J connectivity index is 3.06. The molecule has 1 N–H and O–H groups in total. The highest BCUT2D eigenvalue weighted by Gasteiger charge is 2.30. The van der Waals surface area contributed by atoms with Gasteiger partial charge >= 0.3 is 6.04 Å². The molecule has 5 nitrogen and oxygen atoms in total. The first-order chi connectivity index (χ1) is 12.8. The zero-order valence-electron chi connectivity index (χ0n) is 15.1. The summed E-state index contributed by atoms with van der Waals surface area (Å²) in [5.74, 6) is -2.54. The van der Waals surface area contributed by atoms with Crippen LogP contribution in [0.5, 0.6) is 0 Å². The molecule has 1 rings (SSSR count). The average molecular weight is 390 g/mol. The maximum absolute atomic E-state index is 14.4. The number of nitrogens with zero attached hydrogens (tertiary/aromatic N) is 1. The van der Waals surface area contributed by atoms with Crippen LogP contribution < -0.4 is 5.32 Å². The second-order valence-corrected chi connectivity index (χ2v) is 5.81. The van der Waals surface area contributed by atoms with Crippen molar-refractivity contribution in [2.24, 2.45) is 5.92 Å². The van der Waals surface area contributed by atoms with Gasteiger partial charge in [-0.15, -0.1) is 0 Å². The Morgan fingerprint density at radius 1 is 1.48 bits per heavy atom. The van der Waals surface area contributed by atoms with Crippen molar-refractivity contribution in [2.45, 2.75) is 18.9 Å². The number of rotatable bonds is 11. The van der Waals surface area contributed by atoms with E-state index in [9.17, 15) is 27.2 Å². The summed E-state index contributed by atoms with van der Waals surface area (Å²) in [6, 6.07) is -1.78. The topological polar surface area (TPSA) is 58.6 Å². The second kappa shape index (κ2) is 11.3. The van der Waals surface area contributed by atoms with Gasteiger partial charge < -0.3 is 19.7 Å². The SMILES string of the molecule is COC1C=C(F)C(C(CC=O)CN(C)/C(=C/C=C\NCF)C(=O)F)=C(F)C1. The minimum absolute atomic E-state index is 0.180. The van der Waals surface area contributed by atoms with Crippen LogP contribution >= 0.6 is 0 Å². The minimum atomic E-state index is -1.78. The number of carbonyl (C=O) groups is 2. The Bertz CT molecular complexity index is 659. The molecule has 0 saturated carbocycles. The van der Waals surface area contributed by atoms with E-state index < -0.39 is 42.2 Å². The van der Waals surface area contributed by atoms with Crippen molar-refractivity contribution < 1.29 is 31.9 Å². The second-order valence-electron chi connectivity index (χ2n) is 5.81. The Morgan fingerprint density at radius 2 is 2.19 bits per heavy atom. The number of ether oxygens (including phenoxy) is 1. The van der Waals surface area contributed by atoms with E-state index in [2.05, 4.69) is 5.32 Å². The van der Waals surface area contributed by atoms with E-state index >= 15 is 0 Å². The molecule has 0 aromatic heterocycles. The molecule has 2 atom stereocenters. The molecule has 150 valence electrons. The van der Waals surface area contributed by atoms with E-state index in [-0.39, 0.29) is 25.0 Å². The molecule has 27 heavy (non-hydrogen) atoms. The third kappa shape index (κ3) is 6.67. The highest BCUT2D eigenvalue weighted by atomic mass is 19.1. The van der Waals surface area contributed by atoms with Crippen LogP contribution in [0.15, 0.2) is 47.4 Å². The average Bonchev–Trinajstić information content (AvgIpc) is 2.60. The minimum Gasteiger partial charge on any atom is -0.377 e. The van der Waals surface area contributed by atoms with Crippen molar-refractivity contribution in [3.8, 4) is 0 Å². The molecule has 1 aliphatic carbocycles. The fraction of sp³-hybridized carbons (Fsp3) is 0.444. The first-order valence-corrected chi connectivity index (χ1v) is 8.15. The summed E-state index contributed by atoms with van der Waals surface area (Å²) in [6.07, 6.45) is 3.91. The van der Waals surface area contributed by atoms with Crippen LogP contribution in [0.3, 0.4) is 0 Å². The molecule has 1 aliphatic rings. The number of halogens is 4. The van der Waals surface area contributed by atoms with Crippen LogP contribution in [0.2, 0.25) is 0 Å². The van der Waals surface area contributed by atoms with Gasteiger partial charge in [-0.1, -0.05) is 0 Å². The molecular weight excluding hydrogens is 368 g/mol. The van der Waals surface area contributed by atoms with E-state index in [4.69, 9.17) is 4.74 Å². The zero-order chi connectivity index (χ0) is 20.4. The normalized spacial score (nSPS) is 19.1. The summed E-state index contributed by atoms with van der Waals surface area (Å²) in [5, 5.41) is 2.20. The van der Waals surface area contributed by atoms with Gasteiger partial charge in [0.25, 0.3) is 0 Å². The van der Waals surface area contributed by atoms with Gasteiger partial charge in [0.2, 0.25) is 0 Å². The Hall–Kier alpha value is -2.42. The first kappa shape index (κ1) is 22.6. The fourth-order valence-corrected chi connectivity index (χ4v) is 2.72. The first-order valence-electron chi connectivity index (χ1n) is 8.15. The third-order valence-electron chi connectivity index (χ3n) is 4.01. The summed E-state index contributed by atoms with van der Waals surface area (Å²) in [4.78, 5) is 23.3. The maximum Gasteiger partial charge on any atom is 0.348 e. The van der Waals surface area contributed by atoms with Gasteiger partial charge in [-0.3, -0.25) is 4.79 Å². The molecule has 0 aliphatic heterocycles. The van der Waals surface area contributed by atoms with Gasteiger partial charge in [0, 0.05) is 45.0 Å². The van der Waals surface area contributed by atoms with Gasteiger partial charge in [-0.2, -0.15) is 4.39 Å². The predicted octanol–water partition coefficient (Wildman–Crippen LogP) is 3.03. The van der Waals surface area contributed by atoms with E-state index in [1.165, 1.54) is 20.2 Å². The number of methoxy groups -OCH3 is 1. The molecule has 0 aromatic carbocycles. The van der Waals surface area contributed by atoms with Gasteiger partial charge in [-0.25, -0.2) is 13.2 Å². The predicted molar refractivity (Wildman–Crippen MR) is 92.0 cm³/mol. The molecule has 9 heteroatoms. The van der Waals surface area contributed by atoms with Crippen LogP contribution in [-0.2, 0) is 14.3 Å². The number of nitrogens with one attached hydrogen (secondary N) is 1. The lowest BCUT2D eigenvalue weighted by molar-refractivity contribution is -0.126. The number of alkyl halides is 1. The molecule has 0 amide bonds. The number of allylic oxidation sites excluding steroid dienone is 4. The maximum atomic E-state index is 14.4. The monoisotopic (exact) mass is 390 g/mol. The standard InChI is InChI=1S/C18H22F4N2O3/c1-24(16(18(22)26)4-3-6-23-11-19)10-12(5-7-25)17-14(20)8-13(27-2)9-15(17)21/h3-4,6-8,12-13,23H,5,9-11H2,1-2H3/b6-3-,16-4+. The third-order valence-corrected chi connectivity index (χ3v) is 4.01. The van der Waals surface area contributed by atoms with Crippen molar-refractivity contribution >= 4 is 12.3 Å². The van der Waals surface area contributed by atoms with Crippen LogP contribution in [0.25, 0.3) is 0 Å². The smallest absolute Gasteiger partial charge is 0.348 e. The Labute approximate surface area is 155 Å². The van der Waals surface area contributed by atoms with Crippen molar-refractivity contribution in [1.82, 2.24) is 10.2 Å². The van der Waals surface area contributed by atoms with Crippen LogP contribution in [0.1, 0.15) is 12.8 Å². The van der Waals surface area contributed by atoms with Crippen molar-refractivity contribution in [1.29, 1.82) is 0 Å². The number of hydrogen-bond donors (Lipinski definition) is 1. The van der Waals surface area contributed by atoms with E-state index in [1.807, 2.05) is 0 Å². The molecule has 0 fully saturated rings. The lowest BCUT2D eigenvalue weighted by atomic mass is 9.88. The summed E-state index contributed by atoms with van der Waals surface area (Å²) in [7, 11) is 2.66. The molecular formula is C18H22F4N2O3. The van der Waals surface area contributed by atoms with Crippen LogP contribution in [-0.4, -0.2) is 50.8 Å².